The van der Waals surface area contributed by atoms with E-state index in [1.54, 1.807) is 18.2 Å². The minimum atomic E-state index is -3.34. The van der Waals surface area contributed by atoms with Crippen molar-refractivity contribution in [2.24, 2.45) is 0 Å². The Morgan fingerprint density at radius 1 is 1.17 bits per heavy atom. The van der Waals surface area contributed by atoms with Gasteiger partial charge in [-0.25, -0.2) is 8.42 Å². The molecule has 4 nitrogen and oxygen atoms in total. The third-order valence-electron chi connectivity index (χ3n) is 2.82. The average molecular weight is 270 g/mol. The van der Waals surface area contributed by atoms with Crippen molar-refractivity contribution < 1.29 is 8.42 Å². The fraction of sp³-hybridized carbons (Fsp3) is 0.538. The fourth-order valence-corrected chi connectivity index (χ4v) is 3.33. The lowest BCUT2D eigenvalue weighted by atomic mass is 10.2. The SMILES string of the molecule is CCNCc1cccc(S(=O)(=O)N(CC)CC)c1. The predicted octanol–water partition coefficient (Wildman–Crippen LogP) is 1.83. The van der Waals surface area contributed by atoms with Crippen molar-refractivity contribution in [3.8, 4) is 0 Å². The van der Waals surface area contributed by atoms with E-state index in [1.807, 2.05) is 26.8 Å². The van der Waals surface area contributed by atoms with Gasteiger partial charge in [0.2, 0.25) is 10.0 Å². The van der Waals surface area contributed by atoms with Crippen LogP contribution in [0.15, 0.2) is 29.2 Å². The van der Waals surface area contributed by atoms with Gasteiger partial charge in [-0.05, 0) is 24.2 Å². The topological polar surface area (TPSA) is 49.4 Å². The molecule has 0 fully saturated rings. The summed E-state index contributed by atoms with van der Waals surface area (Å²) in [6.45, 7) is 8.28. The van der Waals surface area contributed by atoms with Crippen LogP contribution in [0, 0.1) is 0 Å². The van der Waals surface area contributed by atoms with Crippen LogP contribution in [0.4, 0.5) is 0 Å². The molecule has 5 heteroatoms. The Kier molecular flexibility index (Phi) is 5.78. The molecule has 0 amide bonds. The third kappa shape index (κ3) is 3.54. The number of hydrogen-bond donors (Lipinski definition) is 1. The molecule has 0 aliphatic carbocycles. The molecule has 0 saturated heterocycles. The minimum Gasteiger partial charge on any atom is -0.313 e. The average Bonchev–Trinajstić information content (AvgIpc) is 2.38. The summed E-state index contributed by atoms with van der Waals surface area (Å²) in [5.74, 6) is 0. The maximum Gasteiger partial charge on any atom is 0.243 e. The van der Waals surface area contributed by atoms with Crippen molar-refractivity contribution in [3.63, 3.8) is 0 Å². The van der Waals surface area contributed by atoms with E-state index in [0.717, 1.165) is 12.1 Å². The predicted molar refractivity (Wildman–Crippen MR) is 73.9 cm³/mol. The maximum absolute atomic E-state index is 12.3. The first-order valence-electron chi connectivity index (χ1n) is 6.36. The molecule has 0 atom stereocenters. The fourth-order valence-electron chi connectivity index (χ4n) is 1.80. The van der Waals surface area contributed by atoms with Crippen LogP contribution < -0.4 is 5.32 Å². The molecular weight excluding hydrogens is 248 g/mol. The van der Waals surface area contributed by atoms with Gasteiger partial charge in [0.15, 0.2) is 0 Å². The Hall–Kier alpha value is -0.910. The summed E-state index contributed by atoms with van der Waals surface area (Å²) in [6.07, 6.45) is 0. The van der Waals surface area contributed by atoms with Gasteiger partial charge in [0.25, 0.3) is 0 Å². The standard InChI is InChI=1S/C13H22N2O2S/c1-4-14-11-12-8-7-9-13(10-12)18(16,17)15(5-2)6-3/h7-10,14H,4-6,11H2,1-3H3. The molecule has 0 aliphatic rings. The smallest absolute Gasteiger partial charge is 0.243 e. The van der Waals surface area contributed by atoms with Crippen LogP contribution in [0.2, 0.25) is 0 Å². The lowest BCUT2D eigenvalue weighted by molar-refractivity contribution is 0.445. The van der Waals surface area contributed by atoms with Crippen LogP contribution in [0.25, 0.3) is 0 Å². The Labute approximate surface area is 110 Å². The lowest BCUT2D eigenvalue weighted by Gasteiger charge is -2.18. The Morgan fingerprint density at radius 3 is 2.39 bits per heavy atom. The first-order valence-corrected chi connectivity index (χ1v) is 7.80. The molecule has 102 valence electrons. The molecule has 1 N–H and O–H groups in total. The van der Waals surface area contributed by atoms with Crippen LogP contribution in [-0.4, -0.2) is 32.4 Å². The highest BCUT2D eigenvalue weighted by Gasteiger charge is 2.21. The van der Waals surface area contributed by atoms with E-state index in [9.17, 15) is 8.42 Å². The molecule has 0 heterocycles. The van der Waals surface area contributed by atoms with Gasteiger partial charge in [0.1, 0.15) is 0 Å². The summed E-state index contributed by atoms with van der Waals surface area (Å²) in [5.41, 5.74) is 0.991. The zero-order valence-corrected chi connectivity index (χ0v) is 12.1. The molecule has 0 unspecified atom stereocenters. The first kappa shape index (κ1) is 15.1. The molecule has 0 aromatic heterocycles. The molecule has 1 rings (SSSR count). The zero-order chi connectivity index (χ0) is 13.6. The van der Waals surface area contributed by atoms with Gasteiger partial charge in [0, 0.05) is 19.6 Å². The first-order chi connectivity index (χ1) is 8.56. The van der Waals surface area contributed by atoms with Crippen LogP contribution in [0.3, 0.4) is 0 Å². The van der Waals surface area contributed by atoms with Gasteiger partial charge in [-0.15, -0.1) is 0 Å². The van der Waals surface area contributed by atoms with E-state index in [0.29, 0.717) is 24.5 Å². The second-order valence-electron chi connectivity index (χ2n) is 4.02. The van der Waals surface area contributed by atoms with Crippen molar-refractivity contribution in [1.29, 1.82) is 0 Å². The highest BCUT2D eigenvalue weighted by molar-refractivity contribution is 7.89. The normalized spacial score (nSPS) is 12.0. The van der Waals surface area contributed by atoms with Crippen molar-refractivity contribution in [2.45, 2.75) is 32.2 Å². The van der Waals surface area contributed by atoms with E-state index in [-0.39, 0.29) is 0 Å². The van der Waals surface area contributed by atoms with E-state index in [1.165, 1.54) is 4.31 Å². The van der Waals surface area contributed by atoms with Gasteiger partial charge >= 0.3 is 0 Å². The van der Waals surface area contributed by atoms with Crippen LogP contribution in [0.1, 0.15) is 26.3 Å². The number of nitrogens with one attached hydrogen (secondary N) is 1. The van der Waals surface area contributed by atoms with Gasteiger partial charge in [-0.1, -0.05) is 32.9 Å². The zero-order valence-electron chi connectivity index (χ0n) is 11.3. The van der Waals surface area contributed by atoms with E-state index in [4.69, 9.17) is 0 Å². The van der Waals surface area contributed by atoms with Gasteiger partial charge in [0.05, 0.1) is 4.90 Å². The summed E-state index contributed by atoms with van der Waals surface area (Å²) in [7, 11) is -3.34. The molecular formula is C13H22N2O2S. The quantitative estimate of drug-likeness (QED) is 0.822. The number of benzene rings is 1. The summed E-state index contributed by atoms with van der Waals surface area (Å²) in [4.78, 5) is 0.376. The van der Waals surface area contributed by atoms with Crippen LogP contribution in [-0.2, 0) is 16.6 Å². The Bertz CT molecular complexity index is 468. The van der Waals surface area contributed by atoms with Gasteiger partial charge < -0.3 is 5.32 Å². The van der Waals surface area contributed by atoms with Crippen LogP contribution >= 0.6 is 0 Å². The Morgan fingerprint density at radius 2 is 1.83 bits per heavy atom. The third-order valence-corrected chi connectivity index (χ3v) is 4.87. The lowest BCUT2D eigenvalue weighted by Crippen LogP contribution is -2.30. The van der Waals surface area contributed by atoms with Crippen molar-refractivity contribution in [3.05, 3.63) is 29.8 Å². The number of hydrogen-bond acceptors (Lipinski definition) is 3. The molecule has 1 aromatic rings. The minimum absolute atomic E-state index is 0.376. The highest BCUT2D eigenvalue weighted by atomic mass is 32.2. The monoisotopic (exact) mass is 270 g/mol. The maximum atomic E-state index is 12.3. The number of sulfonamides is 1. The van der Waals surface area contributed by atoms with E-state index >= 15 is 0 Å². The summed E-state index contributed by atoms with van der Waals surface area (Å²) in [5, 5.41) is 3.19. The largest absolute Gasteiger partial charge is 0.313 e. The van der Waals surface area contributed by atoms with E-state index < -0.39 is 10.0 Å². The van der Waals surface area contributed by atoms with E-state index in [2.05, 4.69) is 5.32 Å². The van der Waals surface area contributed by atoms with Crippen LogP contribution in [0.5, 0.6) is 0 Å². The number of rotatable bonds is 7. The van der Waals surface area contributed by atoms with Crippen molar-refractivity contribution in [2.75, 3.05) is 19.6 Å². The van der Waals surface area contributed by atoms with Gasteiger partial charge in [-0.3, -0.25) is 0 Å². The molecule has 1 aromatic carbocycles. The molecule has 0 radical (unpaired) electrons. The van der Waals surface area contributed by atoms with Gasteiger partial charge in [-0.2, -0.15) is 4.31 Å². The highest BCUT2D eigenvalue weighted by Crippen LogP contribution is 2.16. The summed E-state index contributed by atoms with van der Waals surface area (Å²) in [6, 6.07) is 7.13. The molecule has 18 heavy (non-hydrogen) atoms. The van der Waals surface area contributed by atoms with Crippen molar-refractivity contribution in [1.82, 2.24) is 9.62 Å². The Balaban J connectivity index is 3.01. The second-order valence-corrected chi connectivity index (χ2v) is 5.95. The molecule has 0 bridgehead atoms. The molecule has 0 saturated carbocycles. The number of nitrogens with zero attached hydrogens (tertiary/aromatic N) is 1. The second kappa shape index (κ2) is 6.87. The summed E-state index contributed by atoms with van der Waals surface area (Å²) >= 11 is 0. The van der Waals surface area contributed by atoms with Crippen molar-refractivity contribution >= 4 is 10.0 Å². The molecule has 0 spiro atoms. The molecule has 0 aliphatic heterocycles. The summed E-state index contributed by atoms with van der Waals surface area (Å²) < 4.78 is 26.1.